The second-order valence-electron chi connectivity index (χ2n) is 6.72. The first kappa shape index (κ1) is 21.8. The Morgan fingerprint density at radius 1 is 1.06 bits per heavy atom. The smallest absolute Gasteiger partial charge is 0.338 e. The number of thiazole rings is 1. The van der Waals surface area contributed by atoms with Gasteiger partial charge in [-0.3, -0.25) is 0 Å². The van der Waals surface area contributed by atoms with Crippen molar-refractivity contribution in [3.8, 4) is 39.3 Å². The molecule has 0 saturated heterocycles. The van der Waals surface area contributed by atoms with E-state index in [-0.39, 0.29) is 6.61 Å². The molecule has 0 fully saturated rings. The molecule has 0 bridgehead atoms. The third-order valence-electron chi connectivity index (χ3n) is 4.68. The largest absolute Gasteiger partial charge is 0.493 e. The van der Waals surface area contributed by atoms with E-state index in [1.54, 1.807) is 19.2 Å². The molecule has 4 rings (SSSR count). The van der Waals surface area contributed by atoms with Crippen LogP contribution in [0.5, 0.6) is 28.7 Å². The van der Waals surface area contributed by atoms with Crippen molar-refractivity contribution in [2.24, 2.45) is 0 Å². The highest BCUT2D eigenvalue weighted by Crippen LogP contribution is 2.40. The number of nitrogens with zero attached hydrogens (tertiary/aromatic N) is 1. The lowest BCUT2D eigenvalue weighted by molar-refractivity contribution is 0.0467. The second-order valence-corrected chi connectivity index (χ2v) is 7.58. The van der Waals surface area contributed by atoms with Gasteiger partial charge in [-0.05, 0) is 37.3 Å². The van der Waals surface area contributed by atoms with Gasteiger partial charge in [-0.1, -0.05) is 0 Å². The number of ether oxygens (including phenoxy) is 6. The number of fused-ring (bicyclic) bond motifs is 1. The van der Waals surface area contributed by atoms with Gasteiger partial charge in [0.15, 0.2) is 23.0 Å². The third-order valence-corrected chi connectivity index (χ3v) is 5.62. The average Bonchev–Trinajstić information content (AvgIpc) is 3.31. The summed E-state index contributed by atoms with van der Waals surface area (Å²) in [4.78, 5) is 17.2. The maximum absolute atomic E-state index is 12.6. The van der Waals surface area contributed by atoms with Gasteiger partial charge in [0.1, 0.15) is 24.8 Å². The molecule has 2 heterocycles. The van der Waals surface area contributed by atoms with Crippen LogP contribution in [0, 0.1) is 0 Å². The van der Waals surface area contributed by atoms with E-state index in [9.17, 15) is 4.79 Å². The van der Waals surface area contributed by atoms with E-state index in [4.69, 9.17) is 28.4 Å². The molecule has 0 aliphatic carbocycles. The Balaban J connectivity index is 1.45. The Hall–Kier alpha value is -3.46. The van der Waals surface area contributed by atoms with Gasteiger partial charge in [-0.25, -0.2) is 9.78 Å². The van der Waals surface area contributed by atoms with Crippen LogP contribution >= 0.6 is 11.3 Å². The third kappa shape index (κ3) is 4.57. The fraction of sp³-hybridized carbons (Fsp3) is 0.304. The van der Waals surface area contributed by atoms with Crippen molar-refractivity contribution >= 4 is 17.3 Å². The highest BCUT2D eigenvalue weighted by molar-refractivity contribution is 7.13. The molecule has 2 aromatic carbocycles. The van der Waals surface area contributed by atoms with Crippen molar-refractivity contribution in [1.29, 1.82) is 0 Å². The number of carbonyl (C=O) groups is 1. The maximum atomic E-state index is 12.6. The maximum Gasteiger partial charge on any atom is 0.338 e. The fourth-order valence-corrected chi connectivity index (χ4v) is 4.00. The van der Waals surface area contributed by atoms with Crippen LogP contribution in [0.1, 0.15) is 23.0 Å². The number of hydrogen-bond donors (Lipinski definition) is 0. The lowest BCUT2D eigenvalue weighted by Crippen LogP contribution is -2.17. The molecular weight excluding hydrogens is 434 g/mol. The molecule has 8 nitrogen and oxygen atoms in total. The van der Waals surface area contributed by atoms with Gasteiger partial charge in [0.05, 0.1) is 32.1 Å². The molecule has 0 unspecified atom stereocenters. The van der Waals surface area contributed by atoms with Crippen LogP contribution in [-0.4, -0.2) is 45.0 Å². The van der Waals surface area contributed by atoms with Gasteiger partial charge < -0.3 is 28.4 Å². The number of methoxy groups -OCH3 is 2. The monoisotopic (exact) mass is 457 g/mol. The van der Waals surface area contributed by atoms with E-state index in [1.165, 1.54) is 18.4 Å². The molecule has 3 aromatic rings. The first-order valence-electron chi connectivity index (χ1n) is 10.0. The molecule has 0 saturated carbocycles. The van der Waals surface area contributed by atoms with Crippen LogP contribution in [0.25, 0.3) is 10.6 Å². The minimum Gasteiger partial charge on any atom is -0.493 e. The van der Waals surface area contributed by atoms with E-state index in [1.807, 2.05) is 30.5 Å². The molecule has 0 amide bonds. The molecule has 0 N–H and O–H groups in total. The lowest BCUT2D eigenvalue weighted by atomic mass is 10.1. The molecule has 168 valence electrons. The van der Waals surface area contributed by atoms with Crippen LogP contribution < -0.4 is 23.7 Å². The molecule has 1 aliphatic rings. The molecule has 0 spiro atoms. The number of aromatic nitrogens is 1. The first-order chi connectivity index (χ1) is 15.6. The van der Waals surface area contributed by atoms with Crippen molar-refractivity contribution in [2.45, 2.75) is 13.5 Å². The summed E-state index contributed by atoms with van der Waals surface area (Å²) in [6.07, 6.45) is 0. The summed E-state index contributed by atoms with van der Waals surface area (Å²) in [7, 11) is 3.11. The Labute approximate surface area is 189 Å². The quantitative estimate of drug-likeness (QED) is 0.462. The zero-order valence-electron chi connectivity index (χ0n) is 18.0. The summed E-state index contributed by atoms with van der Waals surface area (Å²) in [5.74, 6) is 2.19. The Morgan fingerprint density at radius 3 is 2.66 bits per heavy atom. The summed E-state index contributed by atoms with van der Waals surface area (Å²) in [6, 6.07) is 8.82. The van der Waals surface area contributed by atoms with Crippen LogP contribution in [-0.2, 0) is 11.3 Å². The number of carbonyl (C=O) groups excluding carboxylic acids is 1. The zero-order valence-corrected chi connectivity index (χ0v) is 18.8. The molecule has 1 aliphatic heterocycles. The summed E-state index contributed by atoms with van der Waals surface area (Å²) in [5, 5.41) is 2.65. The zero-order chi connectivity index (χ0) is 22.5. The standard InChI is InChI=1S/C23H23NO7S/c1-4-28-17-6-5-14(9-18(17)26-2)22-24-16(13-32-22)12-31-23(25)15-10-19(27-3)21-20(11-15)29-7-8-30-21/h5-6,9-11,13H,4,7-8,12H2,1-3H3. The minimum atomic E-state index is -0.502. The summed E-state index contributed by atoms with van der Waals surface area (Å²) in [5.41, 5.74) is 1.86. The highest BCUT2D eigenvalue weighted by Gasteiger charge is 2.22. The van der Waals surface area contributed by atoms with Crippen molar-refractivity contribution < 1.29 is 33.2 Å². The molecule has 0 radical (unpaired) electrons. The molecule has 1 aromatic heterocycles. The molecule has 32 heavy (non-hydrogen) atoms. The number of rotatable bonds is 8. The second kappa shape index (κ2) is 9.78. The highest BCUT2D eigenvalue weighted by atomic mass is 32.1. The van der Waals surface area contributed by atoms with E-state index in [0.717, 1.165) is 10.6 Å². The van der Waals surface area contributed by atoms with Crippen molar-refractivity contribution in [3.63, 3.8) is 0 Å². The van der Waals surface area contributed by atoms with E-state index in [0.29, 0.717) is 59.8 Å². The van der Waals surface area contributed by atoms with Crippen LogP contribution in [0.3, 0.4) is 0 Å². The summed E-state index contributed by atoms with van der Waals surface area (Å²) in [6.45, 7) is 3.35. The van der Waals surface area contributed by atoms with Gasteiger partial charge in [0, 0.05) is 10.9 Å². The normalized spacial score (nSPS) is 12.2. The van der Waals surface area contributed by atoms with Gasteiger partial charge in [-0.2, -0.15) is 0 Å². The summed E-state index contributed by atoms with van der Waals surface area (Å²) >= 11 is 1.46. The van der Waals surface area contributed by atoms with Crippen LogP contribution in [0.4, 0.5) is 0 Å². The fourth-order valence-electron chi connectivity index (χ4n) is 3.19. The SMILES string of the molecule is CCOc1ccc(-c2nc(COC(=O)c3cc(OC)c4c(c3)OCCO4)cs2)cc1OC. The van der Waals surface area contributed by atoms with E-state index < -0.39 is 5.97 Å². The molecule has 9 heteroatoms. The van der Waals surface area contributed by atoms with Crippen molar-refractivity contribution in [3.05, 3.63) is 47.0 Å². The minimum absolute atomic E-state index is 0.0419. The lowest BCUT2D eigenvalue weighted by Gasteiger charge is -2.21. The van der Waals surface area contributed by atoms with Crippen LogP contribution in [0.15, 0.2) is 35.7 Å². The predicted molar refractivity (Wildman–Crippen MR) is 118 cm³/mol. The topological polar surface area (TPSA) is 85.3 Å². The average molecular weight is 458 g/mol. The van der Waals surface area contributed by atoms with Gasteiger partial charge in [-0.15, -0.1) is 11.3 Å². The van der Waals surface area contributed by atoms with E-state index in [2.05, 4.69) is 4.98 Å². The van der Waals surface area contributed by atoms with Gasteiger partial charge in [0.25, 0.3) is 0 Å². The van der Waals surface area contributed by atoms with Gasteiger partial charge in [0.2, 0.25) is 5.75 Å². The van der Waals surface area contributed by atoms with Crippen molar-refractivity contribution in [1.82, 2.24) is 4.98 Å². The molecular formula is C23H23NO7S. The van der Waals surface area contributed by atoms with E-state index >= 15 is 0 Å². The summed E-state index contributed by atoms with van der Waals surface area (Å²) < 4.78 is 32.9. The van der Waals surface area contributed by atoms with Crippen LogP contribution in [0.2, 0.25) is 0 Å². The Kier molecular flexibility index (Phi) is 6.65. The Morgan fingerprint density at radius 2 is 1.88 bits per heavy atom. The predicted octanol–water partition coefficient (Wildman–Crippen LogP) is 4.35. The van der Waals surface area contributed by atoms with Gasteiger partial charge >= 0.3 is 5.97 Å². The number of esters is 1. The van der Waals surface area contributed by atoms with Crippen molar-refractivity contribution in [2.75, 3.05) is 34.0 Å². The number of hydrogen-bond acceptors (Lipinski definition) is 9. The number of benzene rings is 2. The first-order valence-corrected chi connectivity index (χ1v) is 10.9. The molecule has 0 atom stereocenters. The Bertz CT molecular complexity index is 1090.